The zero-order chi connectivity index (χ0) is 8.27. The van der Waals surface area contributed by atoms with Crippen molar-refractivity contribution in [1.29, 1.82) is 0 Å². The number of aryl methyl sites for hydroxylation is 1. The van der Waals surface area contributed by atoms with Gasteiger partial charge >= 0.3 is 32.7 Å². The molecule has 56 valence electrons. The van der Waals surface area contributed by atoms with Gasteiger partial charge in [0, 0.05) is 0 Å². The van der Waals surface area contributed by atoms with Crippen molar-refractivity contribution in [3.05, 3.63) is 47.5 Å². The van der Waals surface area contributed by atoms with E-state index in [0.29, 0.717) is 5.56 Å². The van der Waals surface area contributed by atoms with Crippen molar-refractivity contribution in [2.24, 2.45) is 0 Å². The van der Waals surface area contributed by atoms with E-state index in [1.807, 2.05) is 13.0 Å². The number of benzene rings is 1. The van der Waals surface area contributed by atoms with E-state index in [-0.39, 0.29) is 32.7 Å². The van der Waals surface area contributed by atoms with Crippen molar-refractivity contribution >= 4 is 6.29 Å². The number of rotatable bonds is 2. The monoisotopic (exact) mass is 234 g/mol. The first-order valence-corrected chi connectivity index (χ1v) is 3.37. The number of hydrogen-bond acceptors (Lipinski definition) is 1. The van der Waals surface area contributed by atoms with E-state index in [9.17, 15) is 4.79 Å². The van der Waals surface area contributed by atoms with Crippen molar-refractivity contribution in [1.82, 2.24) is 0 Å². The van der Waals surface area contributed by atoms with Crippen LogP contribution in [0.2, 0.25) is 0 Å². The Bertz CT molecular complexity index is 292. The molecule has 0 aromatic heterocycles. The quantitative estimate of drug-likeness (QED) is 0.566. The molecule has 0 atom stereocenters. The zero-order valence-corrected chi connectivity index (χ0v) is 9.84. The molecule has 0 aliphatic rings. The first-order valence-electron chi connectivity index (χ1n) is 3.37. The van der Waals surface area contributed by atoms with Crippen molar-refractivity contribution in [3.8, 4) is 0 Å². The average Bonchev–Trinajstić information content (AvgIpc) is 2.05. The Labute approximate surface area is 97.7 Å². The summed E-state index contributed by atoms with van der Waals surface area (Å²) in [4.78, 5) is 10.3. The minimum absolute atomic E-state index is 0. The van der Waals surface area contributed by atoms with Gasteiger partial charge < -0.3 is 0 Å². The molecule has 2 heteroatoms. The van der Waals surface area contributed by atoms with E-state index in [2.05, 4.69) is 12.7 Å². The van der Waals surface area contributed by atoms with Crippen LogP contribution in [-0.4, -0.2) is 6.29 Å². The zero-order valence-electron chi connectivity index (χ0n) is 7.00. The van der Waals surface area contributed by atoms with Crippen LogP contribution in [0.4, 0.5) is 0 Å². The van der Waals surface area contributed by atoms with Gasteiger partial charge in [-0.25, -0.2) is 0 Å². The molecule has 0 bridgehead atoms. The molecule has 0 aliphatic carbocycles. The molecule has 1 nitrogen and oxygen atoms in total. The SMILES string of the molecule is C=[C-]c1cc(C=O)ccc1C.[Y+3]. The molecule has 0 N–H and O–H groups in total. The summed E-state index contributed by atoms with van der Waals surface area (Å²) in [6.45, 7) is 5.49. The fourth-order valence-electron chi connectivity index (χ4n) is 0.903. The van der Waals surface area contributed by atoms with Crippen LogP contribution in [0.5, 0.6) is 0 Å². The van der Waals surface area contributed by atoms with E-state index in [1.165, 1.54) is 0 Å². The fourth-order valence-corrected chi connectivity index (χ4v) is 0.903. The van der Waals surface area contributed by atoms with E-state index < -0.39 is 0 Å². The molecule has 0 aliphatic heterocycles. The van der Waals surface area contributed by atoms with Crippen LogP contribution in [0.3, 0.4) is 0 Å². The average molecular weight is 234 g/mol. The topological polar surface area (TPSA) is 17.1 Å². The third-order valence-electron chi connectivity index (χ3n) is 1.59. The first-order chi connectivity index (χ1) is 5.27. The molecular formula is C10H9OY+2. The molecule has 0 saturated heterocycles. The number of hydrogen-bond donors (Lipinski definition) is 0. The van der Waals surface area contributed by atoms with Gasteiger partial charge in [0.05, 0.1) is 0 Å². The molecule has 0 unspecified atom stereocenters. The molecule has 0 heterocycles. The van der Waals surface area contributed by atoms with Crippen molar-refractivity contribution < 1.29 is 37.5 Å². The largest absolute Gasteiger partial charge is 3.00 e. The van der Waals surface area contributed by atoms with E-state index >= 15 is 0 Å². The third kappa shape index (κ3) is 2.65. The molecule has 1 aromatic carbocycles. The van der Waals surface area contributed by atoms with Gasteiger partial charge in [-0.05, 0) is 5.56 Å². The maximum Gasteiger partial charge on any atom is 3.00 e. The molecular weight excluding hydrogens is 225 g/mol. The molecule has 1 rings (SSSR count). The molecule has 0 fully saturated rings. The van der Waals surface area contributed by atoms with E-state index in [4.69, 9.17) is 0 Å². The van der Waals surface area contributed by atoms with Crippen LogP contribution in [0.15, 0.2) is 24.8 Å². The van der Waals surface area contributed by atoms with Crippen molar-refractivity contribution in [2.75, 3.05) is 0 Å². The van der Waals surface area contributed by atoms with Crippen LogP contribution in [0, 0.1) is 13.0 Å². The predicted molar refractivity (Wildman–Crippen MR) is 44.5 cm³/mol. The molecule has 1 aromatic rings. The minimum atomic E-state index is 0. The summed E-state index contributed by atoms with van der Waals surface area (Å²) in [6.07, 6.45) is 3.58. The van der Waals surface area contributed by atoms with Gasteiger partial charge in [-0.2, -0.15) is 29.8 Å². The molecule has 0 amide bonds. The Balaban J connectivity index is 0.00000121. The Morgan fingerprint density at radius 1 is 1.50 bits per heavy atom. The Kier molecular flexibility index (Phi) is 5.27. The van der Waals surface area contributed by atoms with Gasteiger partial charge in [-0.3, -0.25) is 4.79 Å². The Morgan fingerprint density at radius 2 is 2.17 bits per heavy atom. The molecule has 12 heavy (non-hydrogen) atoms. The summed E-state index contributed by atoms with van der Waals surface area (Å²) < 4.78 is 0. The maximum absolute atomic E-state index is 10.3. The van der Waals surface area contributed by atoms with Gasteiger partial charge in [-0.15, -0.1) is 6.07 Å². The maximum atomic E-state index is 10.3. The predicted octanol–water partition coefficient (Wildman–Crippen LogP) is 2.14. The summed E-state index contributed by atoms with van der Waals surface area (Å²) >= 11 is 0. The number of carbonyl (C=O) groups is 1. The molecule has 0 saturated carbocycles. The van der Waals surface area contributed by atoms with Crippen molar-refractivity contribution in [2.45, 2.75) is 6.92 Å². The number of aldehydes is 1. The van der Waals surface area contributed by atoms with Crippen LogP contribution < -0.4 is 0 Å². The van der Waals surface area contributed by atoms with Crippen molar-refractivity contribution in [3.63, 3.8) is 0 Å². The molecule has 0 spiro atoms. The minimum Gasteiger partial charge on any atom is -0.299 e. The Morgan fingerprint density at radius 3 is 2.67 bits per heavy atom. The second-order valence-corrected chi connectivity index (χ2v) is 2.37. The van der Waals surface area contributed by atoms with Gasteiger partial charge in [-0.1, -0.05) is 13.0 Å². The summed E-state index contributed by atoms with van der Waals surface area (Å²) in [5, 5.41) is 0. The van der Waals surface area contributed by atoms with Gasteiger partial charge in [0.25, 0.3) is 0 Å². The smallest absolute Gasteiger partial charge is 0.299 e. The Hall–Kier alpha value is -0.266. The third-order valence-corrected chi connectivity index (χ3v) is 1.59. The van der Waals surface area contributed by atoms with Gasteiger partial charge in [0.15, 0.2) is 0 Å². The summed E-state index contributed by atoms with van der Waals surface area (Å²) in [7, 11) is 0. The van der Waals surface area contributed by atoms with Crippen LogP contribution >= 0.6 is 0 Å². The first kappa shape index (κ1) is 11.7. The standard InChI is InChI=1S/C10H9O.Y/c1-3-10-6-9(7-11)5-4-8(10)2;/h4-7H,1H2,2H3;/q-1;+3. The van der Waals surface area contributed by atoms with Crippen LogP contribution in [0.25, 0.3) is 0 Å². The van der Waals surface area contributed by atoms with E-state index in [1.54, 1.807) is 12.1 Å². The summed E-state index contributed by atoms with van der Waals surface area (Å²) in [6, 6.07) is 5.44. The second kappa shape index (κ2) is 5.39. The van der Waals surface area contributed by atoms with Crippen LogP contribution in [0.1, 0.15) is 21.5 Å². The molecule has 0 radical (unpaired) electrons. The number of carbonyl (C=O) groups excluding carboxylic acids is 1. The second-order valence-electron chi connectivity index (χ2n) is 2.37. The van der Waals surface area contributed by atoms with Gasteiger partial charge in [0.2, 0.25) is 0 Å². The normalized spacial score (nSPS) is 8.42. The van der Waals surface area contributed by atoms with Gasteiger partial charge in [0.1, 0.15) is 6.29 Å². The van der Waals surface area contributed by atoms with E-state index in [0.717, 1.165) is 17.4 Å². The summed E-state index contributed by atoms with van der Waals surface area (Å²) in [5.41, 5.74) is 2.65. The summed E-state index contributed by atoms with van der Waals surface area (Å²) in [5.74, 6) is 0. The van der Waals surface area contributed by atoms with Crippen LogP contribution in [-0.2, 0) is 32.7 Å². The fraction of sp³-hybridized carbons (Fsp3) is 0.100.